The molecule has 3 aliphatic rings. The molecule has 0 fully saturated rings. The van der Waals surface area contributed by atoms with E-state index in [-0.39, 0.29) is 0 Å². The third-order valence-corrected chi connectivity index (χ3v) is 11.6. The van der Waals surface area contributed by atoms with Gasteiger partial charge in [0.1, 0.15) is 11.5 Å². The van der Waals surface area contributed by atoms with Crippen LogP contribution in [0.5, 0.6) is 11.5 Å². The van der Waals surface area contributed by atoms with Crippen molar-refractivity contribution in [2.75, 3.05) is 0 Å². The van der Waals surface area contributed by atoms with Crippen LogP contribution in [0, 0.1) is 0 Å². The molecule has 0 saturated heterocycles. The van der Waals surface area contributed by atoms with Crippen LogP contribution < -0.4 is 4.74 Å². The summed E-state index contributed by atoms with van der Waals surface area (Å²) in [7, 11) is 0. The van der Waals surface area contributed by atoms with Crippen molar-refractivity contribution in [3.63, 3.8) is 0 Å². The van der Waals surface area contributed by atoms with Crippen molar-refractivity contribution in [1.29, 1.82) is 0 Å². The normalized spacial score (nSPS) is 14.7. The van der Waals surface area contributed by atoms with Crippen molar-refractivity contribution in [2.45, 2.75) is 10.8 Å². The highest BCUT2D eigenvalue weighted by molar-refractivity contribution is 5.92. The fourth-order valence-corrected chi connectivity index (χ4v) is 9.72. The van der Waals surface area contributed by atoms with Gasteiger partial charge in [-0.25, -0.2) is 0 Å². The summed E-state index contributed by atoms with van der Waals surface area (Å²) in [6, 6.07) is 71.3. The van der Waals surface area contributed by atoms with Gasteiger partial charge < -0.3 is 4.74 Å². The Balaban J connectivity index is 1.21. The molecule has 8 aromatic rings. The molecule has 0 atom stereocenters. The topological polar surface area (TPSA) is 9.23 Å². The monoisotopic (exact) mass is 648 g/mol. The third-order valence-electron chi connectivity index (χ3n) is 11.6. The van der Waals surface area contributed by atoms with Gasteiger partial charge in [-0.2, -0.15) is 0 Å². The molecule has 1 heterocycles. The Labute approximate surface area is 298 Å². The van der Waals surface area contributed by atoms with Crippen molar-refractivity contribution in [2.24, 2.45) is 0 Å². The Bertz CT molecular complexity index is 2580. The number of ether oxygens (including phenoxy) is 1. The van der Waals surface area contributed by atoms with Gasteiger partial charge in [-0.3, -0.25) is 0 Å². The van der Waals surface area contributed by atoms with Crippen molar-refractivity contribution >= 4 is 0 Å². The molecule has 51 heavy (non-hydrogen) atoms. The van der Waals surface area contributed by atoms with Gasteiger partial charge in [-0.05, 0) is 73.3 Å². The summed E-state index contributed by atoms with van der Waals surface area (Å²) < 4.78 is 7.08. The molecule has 0 radical (unpaired) electrons. The second-order valence-electron chi connectivity index (χ2n) is 13.9. The Kier molecular flexibility index (Phi) is 5.86. The van der Waals surface area contributed by atoms with Crippen LogP contribution in [-0.2, 0) is 10.8 Å². The zero-order valence-electron chi connectivity index (χ0n) is 27.9. The summed E-state index contributed by atoms with van der Waals surface area (Å²) in [5, 5.41) is 0. The molecular formula is C50H32O. The van der Waals surface area contributed by atoms with E-state index < -0.39 is 10.8 Å². The predicted octanol–water partition coefficient (Wildman–Crippen LogP) is 12.2. The maximum Gasteiger partial charge on any atom is 0.140 e. The first kappa shape index (κ1) is 28.4. The van der Waals surface area contributed by atoms with E-state index in [2.05, 4.69) is 194 Å². The van der Waals surface area contributed by atoms with Gasteiger partial charge in [-0.1, -0.05) is 182 Å². The average Bonchev–Trinajstić information content (AvgIpc) is 3.67. The fraction of sp³-hybridized carbons (Fsp3) is 0.0400. The maximum absolute atomic E-state index is 7.08. The molecule has 11 rings (SSSR count). The van der Waals surface area contributed by atoms with Crippen LogP contribution in [0.25, 0.3) is 33.4 Å². The van der Waals surface area contributed by atoms with E-state index in [0.29, 0.717) is 0 Å². The summed E-state index contributed by atoms with van der Waals surface area (Å²) in [5.74, 6) is 1.82. The number of hydrogen-bond donors (Lipinski definition) is 0. The molecule has 238 valence electrons. The van der Waals surface area contributed by atoms with Crippen LogP contribution >= 0.6 is 0 Å². The zero-order chi connectivity index (χ0) is 33.6. The highest BCUT2D eigenvalue weighted by Crippen LogP contribution is 2.63. The van der Waals surface area contributed by atoms with Gasteiger partial charge in [0.15, 0.2) is 0 Å². The highest BCUT2D eigenvalue weighted by atomic mass is 16.5. The van der Waals surface area contributed by atoms with Crippen molar-refractivity contribution in [3.8, 4) is 44.9 Å². The van der Waals surface area contributed by atoms with Gasteiger partial charge in [-0.15, -0.1) is 0 Å². The van der Waals surface area contributed by atoms with Gasteiger partial charge >= 0.3 is 0 Å². The van der Waals surface area contributed by atoms with Crippen LogP contribution in [0.1, 0.15) is 44.5 Å². The zero-order valence-corrected chi connectivity index (χ0v) is 27.9. The van der Waals surface area contributed by atoms with E-state index in [0.717, 1.165) is 22.6 Å². The molecule has 1 nitrogen and oxygen atoms in total. The average molecular weight is 649 g/mol. The second kappa shape index (κ2) is 10.5. The minimum absolute atomic E-state index is 0.475. The Morgan fingerprint density at radius 2 is 0.745 bits per heavy atom. The van der Waals surface area contributed by atoms with Crippen molar-refractivity contribution in [1.82, 2.24) is 0 Å². The second-order valence-corrected chi connectivity index (χ2v) is 13.9. The number of hydrogen-bond acceptors (Lipinski definition) is 1. The molecule has 0 amide bonds. The summed E-state index contributed by atoms with van der Waals surface area (Å²) in [6.07, 6.45) is 0. The van der Waals surface area contributed by atoms with Crippen LogP contribution in [0.2, 0.25) is 0 Å². The minimum atomic E-state index is -0.502. The molecule has 0 N–H and O–H groups in total. The van der Waals surface area contributed by atoms with E-state index >= 15 is 0 Å². The van der Waals surface area contributed by atoms with Crippen LogP contribution in [-0.4, -0.2) is 0 Å². The summed E-state index contributed by atoms with van der Waals surface area (Å²) in [6.45, 7) is 0. The lowest BCUT2D eigenvalue weighted by atomic mass is 9.65. The molecule has 0 unspecified atom stereocenters. The number of benzene rings is 8. The van der Waals surface area contributed by atoms with Gasteiger partial charge in [0.2, 0.25) is 0 Å². The molecule has 1 heteroatoms. The van der Waals surface area contributed by atoms with Crippen LogP contribution in [0.3, 0.4) is 0 Å². The van der Waals surface area contributed by atoms with Gasteiger partial charge in [0.05, 0.1) is 10.8 Å². The minimum Gasteiger partial charge on any atom is -0.456 e. The van der Waals surface area contributed by atoms with E-state index in [9.17, 15) is 0 Å². The highest BCUT2D eigenvalue weighted by Gasteiger charge is 2.52. The maximum atomic E-state index is 7.08. The molecule has 0 bridgehead atoms. The van der Waals surface area contributed by atoms with Gasteiger partial charge in [0.25, 0.3) is 0 Å². The van der Waals surface area contributed by atoms with E-state index in [1.54, 1.807) is 0 Å². The molecule has 8 aromatic carbocycles. The number of rotatable bonds is 3. The number of fused-ring (bicyclic) bond motifs is 12. The molecule has 0 aromatic heterocycles. The van der Waals surface area contributed by atoms with Crippen molar-refractivity contribution < 1.29 is 4.74 Å². The predicted molar refractivity (Wildman–Crippen MR) is 207 cm³/mol. The smallest absolute Gasteiger partial charge is 0.140 e. The Morgan fingerprint density at radius 1 is 0.294 bits per heavy atom. The summed E-state index contributed by atoms with van der Waals surface area (Å²) in [5.41, 5.74) is 16.5. The molecule has 1 aliphatic heterocycles. The quantitative estimate of drug-likeness (QED) is 0.185. The van der Waals surface area contributed by atoms with Crippen LogP contribution in [0.15, 0.2) is 194 Å². The lowest BCUT2D eigenvalue weighted by Crippen LogP contribution is -2.32. The third kappa shape index (κ3) is 3.60. The first-order valence-electron chi connectivity index (χ1n) is 17.8. The van der Waals surface area contributed by atoms with E-state index in [1.165, 1.54) is 66.8 Å². The fourth-order valence-electron chi connectivity index (χ4n) is 9.72. The van der Waals surface area contributed by atoms with Crippen molar-refractivity contribution in [3.05, 3.63) is 239 Å². The lowest BCUT2D eigenvalue weighted by Gasteiger charge is -2.40. The van der Waals surface area contributed by atoms with Gasteiger partial charge in [0, 0.05) is 16.7 Å². The van der Waals surface area contributed by atoms with E-state index in [1.807, 2.05) is 0 Å². The molecule has 0 saturated carbocycles. The molecule has 2 aliphatic carbocycles. The largest absolute Gasteiger partial charge is 0.456 e. The standard InChI is InChI=1S/C50H32O/c1-3-16-34(17-4-1)49(35-18-5-2-6-19-35)41-24-10-7-22-39(41)40-31-30-33(32-46(40)49)36-23-15-28-45-48(36)51-47-29-14-13-27-44(47)50(45)42-25-11-8-20-37(42)38-21-9-12-26-43(38)50/h1-32H. The number of para-hydroxylation sites is 2. The first-order chi connectivity index (χ1) is 25.3. The van der Waals surface area contributed by atoms with E-state index in [4.69, 9.17) is 4.74 Å². The van der Waals surface area contributed by atoms with Crippen LogP contribution in [0.4, 0.5) is 0 Å². The molecule has 1 spiro atoms. The lowest BCUT2D eigenvalue weighted by molar-refractivity contribution is 0.438. The first-order valence-corrected chi connectivity index (χ1v) is 17.8. The molecular weight excluding hydrogens is 617 g/mol. The SMILES string of the molecule is c1ccc(C2(c3ccccc3)c3ccccc3-c3ccc(-c4cccc5c4Oc4ccccc4C54c5ccccc5-c5ccccc54)cc32)cc1. The summed E-state index contributed by atoms with van der Waals surface area (Å²) in [4.78, 5) is 0. The summed E-state index contributed by atoms with van der Waals surface area (Å²) >= 11 is 0. The Morgan fingerprint density at radius 3 is 1.35 bits per heavy atom. The Hall–Kier alpha value is -6.44.